The second-order valence-electron chi connectivity index (χ2n) is 9.74. The average molecular weight is 520 g/mol. The summed E-state index contributed by atoms with van der Waals surface area (Å²) >= 11 is 0. The summed E-state index contributed by atoms with van der Waals surface area (Å²) in [5.74, 6) is -0.344. The Morgan fingerprint density at radius 2 is 1.62 bits per heavy atom. The zero-order valence-corrected chi connectivity index (χ0v) is 22.6. The second-order valence-corrected chi connectivity index (χ2v) is 11.6. The summed E-state index contributed by atoms with van der Waals surface area (Å²) in [5.41, 5.74) is 4.61. The average Bonchev–Trinajstić information content (AvgIpc) is 2.91. The molecule has 0 spiro atoms. The number of anilines is 1. The standard InChI is InChI=1S/C30H37N3O3S/c1-3-27-12-5-6-13-29(27)33(37(35,36)28-16-14-24(2)15-17-28)23-30(34)31-21-25-10-9-11-26(20-25)22-32-18-7-4-8-19-32/h5-6,9-17,20H,3-4,7-8,18-19,21-23H2,1-2H3,(H,31,34). The number of carbonyl (C=O) groups is 1. The van der Waals surface area contributed by atoms with Gasteiger partial charge in [-0.3, -0.25) is 14.0 Å². The van der Waals surface area contributed by atoms with E-state index in [1.807, 2.05) is 38.1 Å². The molecule has 1 saturated heterocycles. The van der Waals surface area contributed by atoms with Crippen molar-refractivity contribution < 1.29 is 13.2 Å². The van der Waals surface area contributed by atoms with Crippen LogP contribution in [-0.4, -0.2) is 38.9 Å². The molecule has 0 aliphatic carbocycles. The van der Waals surface area contributed by atoms with E-state index in [1.54, 1.807) is 36.4 Å². The molecule has 1 heterocycles. The van der Waals surface area contributed by atoms with Gasteiger partial charge in [0.05, 0.1) is 10.6 Å². The van der Waals surface area contributed by atoms with Crippen LogP contribution in [0.1, 0.15) is 48.4 Å². The number of nitrogens with one attached hydrogen (secondary N) is 1. The molecule has 4 rings (SSSR count). The summed E-state index contributed by atoms with van der Waals surface area (Å²) in [6.45, 7) is 7.12. The number of piperidine rings is 1. The molecular weight excluding hydrogens is 482 g/mol. The van der Waals surface area contributed by atoms with Crippen LogP contribution >= 0.6 is 0 Å². The maximum atomic E-state index is 13.7. The third kappa shape index (κ3) is 6.99. The monoisotopic (exact) mass is 519 g/mol. The molecule has 0 saturated carbocycles. The van der Waals surface area contributed by atoms with E-state index in [2.05, 4.69) is 22.3 Å². The van der Waals surface area contributed by atoms with E-state index in [9.17, 15) is 13.2 Å². The molecule has 6 nitrogen and oxygen atoms in total. The number of sulfonamides is 1. The predicted octanol–water partition coefficient (Wildman–Crippen LogP) is 5.06. The van der Waals surface area contributed by atoms with Crippen LogP contribution in [0.2, 0.25) is 0 Å². The molecule has 3 aromatic rings. The Bertz CT molecular complexity index is 1300. The first-order valence-electron chi connectivity index (χ1n) is 13.1. The number of nitrogens with zero attached hydrogens (tertiary/aromatic N) is 2. The smallest absolute Gasteiger partial charge is 0.264 e. The quantitative estimate of drug-likeness (QED) is 0.407. The number of hydrogen-bond acceptors (Lipinski definition) is 4. The molecule has 0 aromatic heterocycles. The van der Waals surface area contributed by atoms with E-state index in [4.69, 9.17) is 0 Å². The van der Waals surface area contributed by atoms with Gasteiger partial charge in [0.25, 0.3) is 10.0 Å². The molecule has 1 aliphatic rings. The Hall–Kier alpha value is -3.16. The molecule has 7 heteroatoms. The Morgan fingerprint density at radius 3 is 2.35 bits per heavy atom. The Balaban J connectivity index is 1.49. The molecular formula is C30H37N3O3S. The zero-order chi connectivity index (χ0) is 26.3. The van der Waals surface area contributed by atoms with Gasteiger partial charge in [-0.25, -0.2) is 8.42 Å². The van der Waals surface area contributed by atoms with Crippen LogP contribution in [-0.2, 0) is 34.3 Å². The van der Waals surface area contributed by atoms with Gasteiger partial charge in [0, 0.05) is 13.1 Å². The number of amides is 1. The Morgan fingerprint density at radius 1 is 0.919 bits per heavy atom. The molecule has 3 aromatic carbocycles. The molecule has 1 aliphatic heterocycles. The van der Waals surface area contributed by atoms with Crippen molar-refractivity contribution >= 4 is 21.6 Å². The topological polar surface area (TPSA) is 69.7 Å². The first kappa shape index (κ1) is 26.9. The van der Waals surface area contributed by atoms with Crippen molar-refractivity contribution in [2.75, 3.05) is 23.9 Å². The number of aryl methyl sites for hydroxylation is 2. The zero-order valence-electron chi connectivity index (χ0n) is 21.8. The van der Waals surface area contributed by atoms with Gasteiger partial charge in [-0.15, -0.1) is 0 Å². The fourth-order valence-corrected chi connectivity index (χ4v) is 6.25. The fraction of sp³-hybridized carbons (Fsp3) is 0.367. The molecule has 0 bridgehead atoms. The van der Waals surface area contributed by atoms with Crippen molar-refractivity contribution in [1.29, 1.82) is 0 Å². The lowest BCUT2D eigenvalue weighted by Crippen LogP contribution is -2.41. The van der Waals surface area contributed by atoms with Gasteiger partial charge < -0.3 is 5.32 Å². The van der Waals surface area contributed by atoms with Gasteiger partial charge in [0.15, 0.2) is 0 Å². The maximum absolute atomic E-state index is 13.7. The number of hydrogen-bond donors (Lipinski definition) is 1. The van der Waals surface area contributed by atoms with Gasteiger partial charge in [0.2, 0.25) is 5.91 Å². The summed E-state index contributed by atoms with van der Waals surface area (Å²) in [7, 11) is -3.94. The third-order valence-corrected chi connectivity index (χ3v) is 8.65. The van der Waals surface area contributed by atoms with Crippen molar-refractivity contribution in [2.24, 2.45) is 0 Å². The SMILES string of the molecule is CCc1ccccc1N(CC(=O)NCc1cccc(CN2CCCCC2)c1)S(=O)(=O)c1ccc(C)cc1. The van der Waals surface area contributed by atoms with Crippen LogP contribution in [0.25, 0.3) is 0 Å². The summed E-state index contributed by atoms with van der Waals surface area (Å²) < 4.78 is 28.6. The minimum Gasteiger partial charge on any atom is -0.350 e. The minimum absolute atomic E-state index is 0.169. The van der Waals surface area contributed by atoms with Crippen molar-refractivity contribution in [1.82, 2.24) is 10.2 Å². The van der Waals surface area contributed by atoms with Crippen LogP contribution in [0.4, 0.5) is 5.69 Å². The van der Waals surface area contributed by atoms with E-state index in [0.717, 1.165) is 36.3 Å². The number of likely N-dealkylation sites (tertiary alicyclic amines) is 1. The molecule has 0 atom stereocenters. The van der Waals surface area contributed by atoms with E-state index >= 15 is 0 Å². The highest BCUT2D eigenvalue weighted by Gasteiger charge is 2.28. The molecule has 0 radical (unpaired) electrons. The van der Waals surface area contributed by atoms with Crippen LogP contribution < -0.4 is 9.62 Å². The summed E-state index contributed by atoms with van der Waals surface area (Å²) in [6.07, 6.45) is 4.46. The van der Waals surface area contributed by atoms with E-state index in [0.29, 0.717) is 18.7 Å². The molecule has 196 valence electrons. The normalized spacial score (nSPS) is 14.3. The maximum Gasteiger partial charge on any atom is 0.264 e. The summed E-state index contributed by atoms with van der Waals surface area (Å²) in [6, 6.07) is 22.4. The second kappa shape index (κ2) is 12.4. The number of rotatable bonds is 10. The van der Waals surface area contributed by atoms with Gasteiger partial charge in [-0.1, -0.05) is 73.5 Å². The van der Waals surface area contributed by atoms with E-state index in [-0.39, 0.29) is 17.3 Å². The van der Waals surface area contributed by atoms with Gasteiger partial charge in [-0.2, -0.15) is 0 Å². The van der Waals surface area contributed by atoms with Gasteiger partial charge >= 0.3 is 0 Å². The van der Waals surface area contributed by atoms with Crippen LogP contribution in [0, 0.1) is 6.92 Å². The number of carbonyl (C=O) groups excluding carboxylic acids is 1. The van der Waals surface area contributed by atoms with Crippen molar-refractivity contribution in [3.05, 3.63) is 95.1 Å². The third-order valence-electron chi connectivity index (χ3n) is 6.87. The molecule has 0 unspecified atom stereocenters. The van der Waals surface area contributed by atoms with Crippen molar-refractivity contribution in [2.45, 2.75) is 57.5 Å². The fourth-order valence-electron chi connectivity index (χ4n) is 4.79. The lowest BCUT2D eigenvalue weighted by atomic mass is 10.1. The van der Waals surface area contributed by atoms with Crippen molar-refractivity contribution in [3.63, 3.8) is 0 Å². The highest BCUT2D eigenvalue weighted by atomic mass is 32.2. The summed E-state index contributed by atoms with van der Waals surface area (Å²) in [5, 5.41) is 2.94. The van der Waals surface area contributed by atoms with E-state index < -0.39 is 10.0 Å². The number of para-hydroxylation sites is 1. The summed E-state index contributed by atoms with van der Waals surface area (Å²) in [4.78, 5) is 15.7. The molecule has 1 fully saturated rings. The van der Waals surface area contributed by atoms with Crippen LogP contribution in [0.3, 0.4) is 0 Å². The lowest BCUT2D eigenvalue weighted by Gasteiger charge is -2.27. The lowest BCUT2D eigenvalue weighted by molar-refractivity contribution is -0.119. The first-order chi connectivity index (χ1) is 17.9. The molecule has 1 amide bonds. The van der Waals surface area contributed by atoms with E-state index in [1.165, 1.54) is 29.1 Å². The van der Waals surface area contributed by atoms with Crippen LogP contribution in [0.5, 0.6) is 0 Å². The van der Waals surface area contributed by atoms with Crippen LogP contribution in [0.15, 0.2) is 77.7 Å². The molecule has 1 N–H and O–H groups in total. The largest absolute Gasteiger partial charge is 0.350 e. The minimum atomic E-state index is -3.94. The Labute approximate surface area is 221 Å². The predicted molar refractivity (Wildman–Crippen MR) is 149 cm³/mol. The number of benzene rings is 3. The van der Waals surface area contributed by atoms with Gasteiger partial charge in [-0.05, 0) is 74.2 Å². The van der Waals surface area contributed by atoms with Gasteiger partial charge in [0.1, 0.15) is 6.54 Å². The van der Waals surface area contributed by atoms with Crippen molar-refractivity contribution in [3.8, 4) is 0 Å². The first-order valence-corrected chi connectivity index (χ1v) is 14.5. The molecule has 37 heavy (non-hydrogen) atoms. The Kier molecular flexibility index (Phi) is 9.00. The highest BCUT2D eigenvalue weighted by Crippen LogP contribution is 2.27. The highest BCUT2D eigenvalue weighted by molar-refractivity contribution is 7.92.